The minimum Gasteiger partial charge on any atom is -0.310 e. The SMILES string of the molecule is Cc1sc2nc(Cc3ccc(Cl)cc3)[nH]c(=O)c2c1-c1ccc(Cl)c(Cl)c1. The Balaban J connectivity index is 1.82. The van der Waals surface area contributed by atoms with Gasteiger partial charge in [0, 0.05) is 21.9 Å². The zero-order valence-electron chi connectivity index (χ0n) is 14.1. The number of rotatable bonds is 3. The molecule has 0 saturated carbocycles. The lowest BCUT2D eigenvalue weighted by Gasteiger charge is -2.05. The van der Waals surface area contributed by atoms with Crippen LogP contribution in [0.15, 0.2) is 47.3 Å². The molecule has 2 heterocycles. The summed E-state index contributed by atoms with van der Waals surface area (Å²) >= 11 is 19.6. The van der Waals surface area contributed by atoms with Crippen LogP contribution in [0.3, 0.4) is 0 Å². The lowest BCUT2D eigenvalue weighted by molar-refractivity contribution is 0.977. The summed E-state index contributed by atoms with van der Waals surface area (Å²) in [6.07, 6.45) is 0.529. The molecule has 4 aromatic rings. The first-order valence-electron chi connectivity index (χ1n) is 8.14. The Kier molecular flexibility index (Phi) is 4.99. The Morgan fingerprint density at radius 1 is 1.04 bits per heavy atom. The smallest absolute Gasteiger partial charge is 0.260 e. The second-order valence-corrected chi connectivity index (χ2v) is 8.61. The van der Waals surface area contributed by atoms with Crippen LogP contribution < -0.4 is 5.56 Å². The first-order valence-corrected chi connectivity index (χ1v) is 10.1. The fraction of sp³-hybridized carbons (Fsp3) is 0.100. The number of hydrogen-bond donors (Lipinski definition) is 1. The number of H-pyrrole nitrogens is 1. The third kappa shape index (κ3) is 3.63. The van der Waals surface area contributed by atoms with Gasteiger partial charge < -0.3 is 4.98 Å². The molecule has 4 rings (SSSR count). The van der Waals surface area contributed by atoms with Gasteiger partial charge >= 0.3 is 0 Å². The minimum atomic E-state index is -0.158. The summed E-state index contributed by atoms with van der Waals surface area (Å²) in [6.45, 7) is 1.97. The number of aromatic amines is 1. The summed E-state index contributed by atoms with van der Waals surface area (Å²) in [5.74, 6) is 0.622. The predicted molar refractivity (Wildman–Crippen MR) is 115 cm³/mol. The van der Waals surface area contributed by atoms with Crippen molar-refractivity contribution in [2.45, 2.75) is 13.3 Å². The van der Waals surface area contributed by atoms with E-state index in [9.17, 15) is 4.79 Å². The summed E-state index contributed by atoms with van der Waals surface area (Å²) < 4.78 is 0. The van der Waals surface area contributed by atoms with Crippen LogP contribution in [0, 0.1) is 6.92 Å². The third-order valence-corrected chi connectivity index (χ3v) is 6.27. The zero-order valence-corrected chi connectivity index (χ0v) is 17.2. The summed E-state index contributed by atoms with van der Waals surface area (Å²) in [5.41, 5.74) is 2.57. The molecule has 27 heavy (non-hydrogen) atoms. The van der Waals surface area contributed by atoms with Gasteiger partial charge in [-0.3, -0.25) is 4.79 Å². The number of aromatic nitrogens is 2. The second kappa shape index (κ2) is 7.28. The number of fused-ring (bicyclic) bond motifs is 1. The minimum absolute atomic E-state index is 0.158. The van der Waals surface area contributed by atoms with Crippen LogP contribution in [0.25, 0.3) is 21.3 Å². The molecular formula is C20H13Cl3N2OS. The first-order chi connectivity index (χ1) is 12.9. The molecule has 0 amide bonds. The average molecular weight is 436 g/mol. The van der Waals surface area contributed by atoms with Crippen LogP contribution >= 0.6 is 46.1 Å². The summed E-state index contributed by atoms with van der Waals surface area (Å²) in [5, 5.41) is 2.19. The van der Waals surface area contributed by atoms with E-state index in [2.05, 4.69) is 9.97 Å². The third-order valence-electron chi connectivity index (χ3n) is 4.28. The van der Waals surface area contributed by atoms with Gasteiger partial charge in [-0.05, 0) is 42.3 Å². The van der Waals surface area contributed by atoms with Crippen molar-refractivity contribution in [3.8, 4) is 11.1 Å². The van der Waals surface area contributed by atoms with Crippen LogP contribution in [0.4, 0.5) is 0 Å². The van der Waals surface area contributed by atoms with Gasteiger partial charge in [-0.1, -0.05) is 53.0 Å². The highest BCUT2D eigenvalue weighted by Crippen LogP contribution is 2.37. The van der Waals surface area contributed by atoms with Crippen molar-refractivity contribution in [2.75, 3.05) is 0 Å². The van der Waals surface area contributed by atoms with E-state index in [1.807, 2.05) is 37.3 Å². The topological polar surface area (TPSA) is 45.8 Å². The Bertz CT molecular complexity index is 1210. The summed E-state index contributed by atoms with van der Waals surface area (Å²) in [6, 6.07) is 12.9. The van der Waals surface area contributed by atoms with Crippen molar-refractivity contribution >= 4 is 56.4 Å². The second-order valence-electron chi connectivity index (χ2n) is 6.16. The zero-order chi connectivity index (χ0) is 19.1. The van der Waals surface area contributed by atoms with Gasteiger partial charge in [0.1, 0.15) is 10.7 Å². The number of aryl methyl sites for hydroxylation is 1. The van der Waals surface area contributed by atoms with E-state index in [-0.39, 0.29) is 5.56 Å². The molecular weight excluding hydrogens is 423 g/mol. The molecule has 136 valence electrons. The van der Waals surface area contributed by atoms with Crippen molar-refractivity contribution in [3.05, 3.63) is 84.2 Å². The van der Waals surface area contributed by atoms with Crippen molar-refractivity contribution in [1.82, 2.24) is 9.97 Å². The maximum Gasteiger partial charge on any atom is 0.260 e. The molecule has 0 aliphatic carbocycles. The number of benzene rings is 2. The maximum absolute atomic E-state index is 12.8. The van der Waals surface area contributed by atoms with Gasteiger partial charge in [-0.2, -0.15) is 0 Å². The van der Waals surface area contributed by atoms with E-state index in [0.717, 1.165) is 21.6 Å². The Morgan fingerprint density at radius 2 is 1.78 bits per heavy atom. The lowest BCUT2D eigenvalue weighted by atomic mass is 10.0. The van der Waals surface area contributed by atoms with Crippen LogP contribution in [-0.4, -0.2) is 9.97 Å². The van der Waals surface area contributed by atoms with Crippen molar-refractivity contribution in [1.29, 1.82) is 0 Å². The highest BCUT2D eigenvalue weighted by atomic mass is 35.5. The molecule has 0 bridgehead atoms. The molecule has 7 heteroatoms. The van der Waals surface area contributed by atoms with Crippen molar-refractivity contribution in [3.63, 3.8) is 0 Å². The van der Waals surface area contributed by atoms with E-state index >= 15 is 0 Å². The van der Waals surface area contributed by atoms with E-state index in [0.29, 0.717) is 37.5 Å². The van der Waals surface area contributed by atoms with Gasteiger partial charge in [0.25, 0.3) is 5.56 Å². The van der Waals surface area contributed by atoms with Gasteiger partial charge in [-0.25, -0.2) is 4.98 Å². The standard InChI is InChI=1S/C20H13Cl3N2OS/c1-10-17(12-4-7-14(22)15(23)9-12)18-19(26)24-16(25-20(18)27-10)8-11-2-5-13(21)6-3-11/h2-7,9H,8H2,1H3,(H,24,25,26). The van der Waals surface area contributed by atoms with Crippen LogP contribution in [-0.2, 0) is 6.42 Å². The molecule has 1 N–H and O–H groups in total. The Hall–Kier alpha value is -1.85. The molecule has 0 atom stereocenters. The fourth-order valence-corrected chi connectivity index (χ4v) is 4.53. The van der Waals surface area contributed by atoms with Gasteiger partial charge in [0.05, 0.1) is 15.4 Å². The quantitative estimate of drug-likeness (QED) is 0.398. The van der Waals surface area contributed by atoms with Crippen molar-refractivity contribution < 1.29 is 0 Å². The molecule has 0 unspecified atom stereocenters. The van der Waals surface area contributed by atoms with Crippen LogP contribution in [0.2, 0.25) is 15.1 Å². The largest absolute Gasteiger partial charge is 0.310 e. The molecule has 0 fully saturated rings. The van der Waals surface area contributed by atoms with Gasteiger partial charge in [0.2, 0.25) is 0 Å². The summed E-state index contributed by atoms with van der Waals surface area (Å²) in [7, 11) is 0. The first kappa shape index (κ1) is 18.5. The Labute approximate surface area is 174 Å². The number of hydrogen-bond acceptors (Lipinski definition) is 3. The van der Waals surface area contributed by atoms with Gasteiger partial charge in [0.15, 0.2) is 0 Å². The van der Waals surface area contributed by atoms with Crippen LogP contribution in [0.5, 0.6) is 0 Å². The highest BCUT2D eigenvalue weighted by molar-refractivity contribution is 7.19. The maximum atomic E-state index is 12.8. The molecule has 0 spiro atoms. The summed E-state index contributed by atoms with van der Waals surface area (Å²) in [4.78, 5) is 22.1. The lowest BCUT2D eigenvalue weighted by Crippen LogP contribution is -2.11. The normalized spacial score (nSPS) is 11.3. The van der Waals surface area contributed by atoms with E-state index in [4.69, 9.17) is 34.8 Å². The molecule has 0 aliphatic heterocycles. The molecule has 3 nitrogen and oxygen atoms in total. The monoisotopic (exact) mass is 434 g/mol. The van der Waals surface area contributed by atoms with E-state index < -0.39 is 0 Å². The average Bonchev–Trinajstić information content (AvgIpc) is 2.96. The molecule has 0 aliphatic rings. The fourth-order valence-electron chi connectivity index (χ4n) is 3.04. The van der Waals surface area contributed by atoms with Crippen LogP contribution in [0.1, 0.15) is 16.3 Å². The van der Waals surface area contributed by atoms with E-state index in [1.54, 1.807) is 12.1 Å². The predicted octanol–water partition coefficient (Wildman–Crippen LogP) is 6.51. The molecule has 2 aromatic heterocycles. The molecule has 2 aromatic carbocycles. The number of nitrogens with zero attached hydrogens (tertiary/aromatic N) is 1. The number of nitrogens with one attached hydrogen (secondary N) is 1. The number of thiophene rings is 1. The van der Waals surface area contributed by atoms with Gasteiger partial charge in [-0.15, -0.1) is 11.3 Å². The van der Waals surface area contributed by atoms with E-state index in [1.165, 1.54) is 11.3 Å². The molecule has 0 saturated heterocycles. The highest BCUT2D eigenvalue weighted by Gasteiger charge is 2.17. The Morgan fingerprint density at radius 3 is 2.48 bits per heavy atom. The van der Waals surface area contributed by atoms with Crippen molar-refractivity contribution in [2.24, 2.45) is 0 Å². The number of halogens is 3. The molecule has 0 radical (unpaired) electrons.